The summed E-state index contributed by atoms with van der Waals surface area (Å²) in [5.41, 5.74) is 0.538. The first-order chi connectivity index (χ1) is 8.68. The standard InChI is InChI=1S/C13H10FNO3/c14-11-5-1-4-10(13(16)17)12(11)18-8-9-3-2-6-15-7-9/h1-7H,8H2,(H,16,17). The van der Waals surface area contributed by atoms with Crippen LogP contribution in [-0.2, 0) is 6.61 Å². The number of rotatable bonds is 4. The monoisotopic (exact) mass is 247 g/mol. The zero-order chi connectivity index (χ0) is 13.0. The SMILES string of the molecule is O=C(O)c1cccc(F)c1OCc1cccnc1. The Morgan fingerprint density at radius 2 is 2.17 bits per heavy atom. The van der Waals surface area contributed by atoms with Crippen molar-refractivity contribution in [1.82, 2.24) is 4.98 Å². The van der Waals surface area contributed by atoms with Crippen molar-refractivity contribution in [2.45, 2.75) is 6.61 Å². The molecule has 1 aromatic heterocycles. The van der Waals surface area contributed by atoms with Crippen molar-refractivity contribution >= 4 is 5.97 Å². The quantitative estimate of drug-likeness (QED) is 0.901. The molecule has 1 N–H and O–H groups in total. The number of pyridine rings is 1. The number of ether oxygens (including phenoxy) is 1. The molecule has 5 heteroatoms. The molecular weight excluding hydrogens is 237 g/mol. The van der Waals surface area contributed by atoms with Crippen LogP contribution in [-0.4, -0.2) is 16.1 Å². The van der Waals surface area contributed by atoms with Crippen LogP contribution in [0.4, 0.5) is 4.39 Å². The molecule has 2 rings (SSSR count). The molecule has 0 saturated heterocycles. The van der Waals surface area contributed by atoms with Gasteiger partial charge in [-0.3, -0.25) is 4.98 Å². The molecule has 0 amide bonds. The Hall–Kier alpha value is -2.43. The number of hydrogen-bond acceptors (Lipinski definition) is 3. The van der Waals surface area contributed by atoms with Gasteiger partial charge in [0.05, 0.1) is 0 Å². The highest BCUT2D eigenvalue weighted by atomic mass is 19.1. The lowest BCUT2D eigenvalue weighted by Crippen LogP contribution is -2.05. The molecule has 0 radical (unpaired) electrons. The van der Waals surface area contributed by atoms with Gasteiger partial charge >= 0.3 is 5.97 Å². The van der Waals surface area contributed by atoms with Crippen LogP contribution < -0.4 is 4.74 Å². The smallest absolute Gasteiger partial charge is 0.339 e. The third-order valence-corrected chi connectivity index (χ3v) is 2.30. The zero-order valence-electron chi connectivity index (χ0n) is 9.34. The van der Waals surface area contributed by atoms with Crippen LogP contribution in [0.1, 0.15) is 15.9 Å². The van der Waals surface area contributed by atoms with E-state index in [0.29, 0.717) is 0 Å². The molecule has 0 bridgehead atoms. The summed E-state index contributed by atoms with van der Waals surface area (Å²) < 4.78 is 18.7. The minimum atomic E-state index is -1.23. The van der Waals surface area contributed by atoms with Crippen molar-refractivity contribution in [3.05, 3.63) is 59.7 Å². The third-order valence-electron chi connectivity index (χ3n) is 2.30. The maximum Gasteiger partial charge on any atom is 0.339 e. The molecule has 0 aliphatic carbocycles. The fourth-order valence-electron chi connectivity index (χ4n) is 1.46. The maximum atomic E-state index is 13.5. The molecule has 2 aromatic rings. The highest BCUT2D eigenvalue weighted by Crippen LogP contribution is 2.23. The summed E-state index contributed by atoms with van der Waals surface area (Å²) in [6.07, 6.45) is 3.18. The second-order valence-electron chi connectivity index (χ2n) is 3.57. The average Bonchev–Trinajstić information content (AvgIpc) is 2.38. The van der Waals surface area contributed by atoms with Crippen LogP contribution in [0.3, 0.4) is 0 Å². The van der Waals surface area contributed by atoms with Crippen molar-refractivity contribution < 1.29 is 19.0 Å². The first-order valence-corrected chi connectivity index (χ1v) is 5.22. The molecule has 0 fully saturated rings. The number of carbonyl (C=O) groups is 1. The predicted molar refractivity (Wildman–Crippen MR) is 61.9 cm³/mol. The number of aromatic nitrogens is 1. The van der Waals surface area contributed by atoms with Gasteiger partial charge in [-0.15, -0.1) is 0 Å². The Labute approximate surface area is 103 Å². The van der Waals surface area contributed by atoms with Gasteiger partial charge < -0.3 is 9.84 Å². The minimum absolute atomic E-state index is 0.0645. The van der Waals surface area contributed by atoms with E-state index in [1.54, 1.807) is 24.5 Å². The maximum absolute atomic E-state index is 13.5. The van der Waals surface area contributed by atoms with E-state index in [1.165, 1.54) is 12.1 Å². The molecule has 0 saturated carbocycles. The van der Waals surface area contributed by atoms with E-state index in [2.05, 4.69) is 4.98 Å². The van der Waals surface area contributed by atoms with Crippen molar-refractivity contribution in [3.8, 4) is 5.75 Å². The minimum Gasteiger partial charge on any atom is -0.485 e. The van der Waals surface area contributed by atoms with Crippen LogP contribution in [0.25, 0.3) is 0 Å². The summed E-state index contributed by atoms with van der Waals surface area (Å²) in [5.74, 6) is -2.18. The van der Waals surface area contributed by atoms with Crippen LogP contribution >= 0.6 is 0 Å². The van der Waals surface area contributed by atoms with Gasteiger partial charge in [0, 0.05) is 18.0 Å². The first-order valence-electron chi connectivity index (χ1n) is 5.22. The molecule has 92 valence electrons. The van der Waals surface area contributed by atoms with Crippen molar-refractivity contribution in [1.29, 1.82) is 0 Å². The second kappa shape index (κ2) is 5.27. The van der Waals surface area contributed by atoms with Gasteiger partial charge in [0.15, 0.2) is 11.6 Å². The largest absolute Gasteiger partial charge is 0.485 e. The van der Waals surface area contributed by atoms with Crippen LogP contribution in [0.2, 0.25) is 0 Å². The number of aromatic carboxylic acids is 1. The normalized spacial score (nSPS) is 10.1. The van der Waals surface area contributed by atoms with E-state index in [0.717, 1.165) is 11.6 Å². The summed E-state index contributed by atoms with van der Waals surface area (Å²) in [6, 6.07) is 7.26. The molecule has 0 spiro atoms. The highest BCUT2D eigenvalue weighted by molar-refractivity contribution is 5.90. The lowest BCUT2D eigenvalue weighted by molar-refractivity contribution is 0.0690. The Bertz CT molecular complexity index is 557. The number of carboxylic acids is 1. The zero-order valence-corrected chi connectivity index (χ0v) is 9.34. The molecule has 0 aliphatic heterocycles. The highest BCUT2D eigenvalue weighted by Gasteiger charge is 2.15. The number of para-hydroxylation sites is 1. The van der Waals surface area contributed by atoms with Gasteiger partial charge in [-0.25, -0.2) is 9.18 Å². The van der Waals surface area contributed by atoms with Crippen molar-refractivity contribution in [3.63, 3.8) is 0 Å². The van der Waals surface area contributed by atoms with E-state index in [-0.39, 0.29) is 17.9 Å². The van der Waals surface area contributed by atoms with E-state index in [9.17, 15) is 9.18 Å². The lowest BCUT2D eigenvalue weighted by atomic mass is 10.2. The van der Waals surface area contributed by atoms with Crippen molar-refractivity contribution in [2.24, 2.45) is 0 Å². The summed E-state index contributed by atoms with van der Waals surface area (Å²) in [6.45, 7) is 0.0645. The van der Waals surface area contributed by atoms with E-state index < -0.39 is 11.8 Å². The average molecular weight is 247 g/mol. The molecule has 18 heavy (non-hydrogen) atoms. The molecular formula is C13H10FNO3. The molecule has 0 aliphatic rings. The predicted octanol–water partition coefficient (Wildman–Crippen LogP) is 2.50. The van der Waals surface area contributed by atoms with Gasteiger partial charge in [0.1, 0.15) is 12.2 Å². The Kier molecular flexibility index (Phi) is 3.52. The van der Waals surface area contributed by atoms with Crippen molar-refractivity contribution in [2.75, 3.05) is 0 Å². The number of hydrogen-bond donors (Lipinski definition) is 1. The van der Waals surface area contributed by atoms with Crippen LogP contribution in [0.5, 0.6) is 5.75 Å². The lowest BCUT2D eigenvalue weighted by Gasteiger charge is -2.09. The summed E-state index contributed by atoms with van der Waals surface area (Å²) in [4.78, 5) is 14.8. The van der Waals surface area contributed by atoms with Gasteiger partial charge in [-0.05, 0) is 18.2 Å². The number of benzene rings is 1. The Morgan fingerprint density at radius 1 is 1.33 bits per heavy atom. The summed E-state index contributed by atoms with van der Waals surface area (Å²) >= 11 is 0. The Balaban J connectivity index is 2.21. The fourth-order valence-corrected chi connectivity index (χ4v) is 1.46. The van der Waals surface area contributed by atoms with Gasteiger partial charge in [-0.1, -0.05) is 12.1 Å². The second-order valence-corrected chi connectivity index (χ2v) is 3.57. The van der Waals surface area contributed by atoms with E-state index in [4.69, 9.17) is 9.84 Å². The van der Waals surface area contributed by atoms with Gasteiger partial charge in [-0.2, -0.15) is 0 Å². The molecule has 1 heterocycles. The molecule has 0 atom stereocenters. The molecule has 1 aromatic carbocycles. The molecule has 0 unspecified atom stereocenters. The van der Waals surface area contributed by atoms with Gasteiger partial charge in [0.2, 0.25) is 0 Å². The number of halogens is 1. The molecule has 4 nitrogen and oxygen atoms in total. The van der Waals surface area contributed by atoms with E-state index >= 15 is 0 Å². The summed E-state index contributed by atoms with van der Waals surface area (Å²) in [5, 5.41) is 8.93. The number of carboxylic acid groups (broad SMARTS) is 1. The van der Waals surface area contributed by atoms with E-state index in [1.807, 2.05) is 0 Å². The van der Waals surface area contributed by atoms with Gasteiger partial charge in [0.25, 0.3) is 0 Å². The number of nitrogens with zero attached hydrogens (tertiary/aromatic N) is 1. The van der Waals surface area contributed by atoms with Crippen LogP contribution in [0.15, 0.2) is 42.7 Å². The topological polar surface area (TPSA) is 59.4 Å². The Morgan fingerprint density at radius 3 is 2.83 bits per heavy atom. The summed E-state index contributed by atoms with van der Waals surface area (Å²) in [7, 11) is 0. The third kappa shape index (κ3) is 2.63. The fraction of sp³-hybridized carbons (Fsp3) is 0.0769. The first kappa shape index (κ1) is 12.0. The van der Waals surface area contributed by atoms with Crippen LogP contribution in [0, 0.1) is 5.82 Å².